The summed E-state index contributed by atoms with van der Waals surface area (Å²) < 4.78 is 0. The fourth-order valence-electron chi connectivity index (χ4n) is 4.36. The highest BCUT2D eigenvalue weighted by atomic mass is 15.3. The first-order valence-electron chi connectivity index (χ1n) is 9.96. The van der Waals surface area contributed by atoms with E-state index in [0.29, 0.717) is 11.6 Å². The Morgan fingerprint density at radius 1 is 1.07 bits per heavy atom. The Labute approximate surface area is 166 Å². The SMILES string of the molecule is N#CC1=C(N2CCN3C(C#Cc4cccc(C#N)c4)CCCC3C2)N=CCC1. The smallest absolute Gasteiger partial charge is 0.142 e. The number of aliphatic imine (C=N–C) groups is 1. The second-order valence-corrected chi connectivity index (χ2v) is 7.51. The van der Waals surface area contributed by atoms with Gasteiger partial charge in [-0.1, -0.05) is 17.9 Å². The highest BCUT2D eigenvalue weighted by Gasteiger charge is 2.35. The zero-order valence-electron chi connectivity index (χ0n) is 15.9. The molecule has 0 bridgehead atoms. The minimum Gasteiger partial charge on any atom is -0.353 e. The Hall–Kier alpha value is -3.07. The van der Waals surface area contributed by atoms with E-state index < -0.39 is 0 Å². The first-order chi connectivity index (χ1) is 13.8. The number of allylic oxidation sites excluding steroid dienone is 1. The van der Waals surface area contributed by atoms with Gasteiger partial charge < -0.3 is 4.90 Å². The van der Waals surface area contributed by atoms with E-state index >= 15 is 0 Å². The lowest BCUT2D eigenvalue weighted by atomic mass is 9.93. The van der Waals surface area contributed by atoms with Crippen LogP contribution in [0.1, 0.15) is 43.2 Å². The summed E-state index contributed by atoms with van der Waals surface area (Å²) in [5.41, 5.74) is 2.37. The van der Waals surface area contributed by atoms with Crippen LogP contribution in [0.25, 0.3) is 0 Å². The van der Waals surface area contributed by atoms with Crippen molar-refractivity contribution in [1.29, 1.82) is 10.5 Å². The molecule has 0 N–H and O–H groups in total. The number of piperidine rings is 1. The number of piperazine rings is 1. The van der Waals surface area contributed by atoms with E-state index in [2.05, 4.69) is 38.8 Å². The molecular weight excluding hydrogens is 346 g/mol. The topological polar surface area (TPSA) is 66.4 Å². The quantitative estimate of drug-likeness (QED) is 0.714. The lowest BCUT2D eigenvalue weighted by Crippen LogP contribution is -2.57. The van der Waals surface area contributed by atoms with E-state index in [0.717, 1.165) is 62.3 Å². The summed E-state index contributed by atoms with van der Waals surface area (Å²) in [7, 11) is 0. The molecular formula is C23H23N5. The number of fused-ring (bicyclic) bond motifs is 1. The Bertz CT molecular complexity index is 950. The van der Waals surface area contributed by atoms with Crippen LogP contribution in [0.4, 0.5) is 0 Å². The van der Waals surface area contributed by atoms with E-state index in [1.807, 2.05) is 24.4 Å². The summed E-state index contributed by atoms with van der Waals surface area (Å²) in [6, 6.07) is 12.7. The van der Waals surface area contributed by atoms with Gasteiger partial charge in [-0.2, -0.15) is 10.5 Å². The fourth-order valence-corrected chi connectivity index (χ4v) is 4.36. The van der Waals surface area contributed by atoms with Crippen LogP contribution in [0, 0.1) is 34.5 Å². The maximum atomic E-state index is 9.42. The van der Waals surface area contributed by atoms with Gasteiger partial charge in [-0.15, -0.1) is 0 Å². The molecule has 1 aromatic rings. The van der Waals surface area contributed by atoms with Crippen molar-refractivity contribution in [3.05, 3.63) is 46.8 Å². The molecule has 4 rings (SSSR count). The molecule has 28 heavy (non-hydrogen) atoms. The van der Waals surface area contributed by atoms with Gasteiger partial charge in [0.2, 0.25) is 0 Å². The third-order valence-corrected chi connectivity index (χ3v) is 5.76. The molecule has 2 atom stereocenters. The molecule has 3 aliphatic rings. The van der Waals surface area contributed by atoms with E-state index in [4.69, 9.17) is 5.26 Å². The molecule has 0 aliphatic carbocycles. The number of nitrogens with zero attached hydrogens (tertiary/aromatic N) is 5. The molecule has 0 aromatic heterocycles. The van der Waals surface area contributed by atoms with Gasteiger partial charge in [0.25, 0.3) is 0 Å². The molecule has 3 aliphatic heterocycles. The first kappa shape index (κ1) is 18.3. The van der Waals surface area contributed by atoms with Crippen molar-refractivity contribution < 1.29 is 0 Å². The van der Waals surface area contributed by atoms with Gasteiger partial charge in [0.15, 0.2) is 0 Å². The monoisotopic (exact) mass is 369 g/mol. The lowest BCUT2D eigenvalue weighted by Gasteiger charge is -2.47. The molecule has 2 unspecified atom stereocenters. The highest BCUT2D eigenvalue weighted by Crippen LogP contribution is 2.29. The van der Waals surface area contributed by atoms with Crippen LogP contribution in [0.15, 0.2) is 40.7 Å². The minimum absolute atomic E-state index is 0.255. The molecule has 1 aromatic carbocycles. The van der Waals surface area contributed by atoms with Crippen LogP contribution in [-0.2, 0) is 0 Å². The standard InChI is InChI=1S/C23H23N5/c24-15-19-5-1-4-18(14-19)9-10-21-7-2-8-22-17-27(12-13-28(21)22)23-20(16-25)6-3-11-26-23/h1,4-5,11,14,21-22H,2-3,6-8,12-13,17H2. The third-order valence-electron chi connectivity index (χ3n) is 5.76. The molecule has 0 saturated carbocycles. The zero-order valence-corrected chi connectivity index (χ0v) is 15.9. The van der Waals surface area contributed by atoms with E-state index in [1.165, 1.54) is 6.42 Å². The van der Waals surface area contributed by atoms with Crippen molar-refractivity contribution in [1.82, 2.24) is 9.80 Å². The maximum absolute atomic E-state index is 9.42. The van der Waals surface area contributed by atoms with Crippen LogP contribution >= 0.6 is 0 Å². The van der Waals surface area contributed by atoms with Gasteiger partial charge in [0.1, 0.15) is 5.82 Å². The maximum Gasteiger partial charge on any atom is 0.142 e. The van der Waals surface area contributed by atoms with Crippen molar-refractivity contribution in [3.8, 4) is 24.0 Å². The number of nitriles is 2. The molecule has 0 spiro atoms. The Kier molecular flexibility index (Phi) is 5.43. The molecule has 5 nitrogen and oxygen atoms in total. The van der Waals surface area contributed by atoms with E-state index in [9.17, 15) is 5.26 Å². The molecule has 2 saturated heterocycles. The van der Waals surface area contributed by atoms with Gasteiger partial charge in [-0.05, 0) is 50.3 Å². The van der Waals surface area contributed by atoms with Crippen molar-refractivity contribution in [2.24, 2.45) is 4.99 Å². The third kappa shape index (κ3) is 3.79. The highest BCUT2D eigenvalue weighted by molar-refractivity contribution is 5.62. The number of hydrogen-bond donors (Lipinski definition) is 0. The van der Waals surface area contributed by atoms with Gasteiger partial charge in [-0.25, -0.2) is 4.99 Å². The number of benzene rings is 1. The van der Waals surface area contributed by atoms with Gasteiger partial charge in [0, 0.05) is 37.5 Å². The Morgan fingerprint density at radius 2 is 1.96 bits per heavy atom. The summed E-state index contributed by atoms with van der Waals surface area (Å²) in [4.78, 5) is 9.36. The Morgan fingerprint density at radius 3 is 2.82 bits per heavy atom. The summed E-state index contributed by atoms with van der Waals surface area (Å²) in [5, 5.41) is 18.5. The van der Waals surface area contributed by atoms with Crippen molar-refractivity contribution >= 4 is 6.21 Å². The molecule has 5 heteroatoms. The molecule has 140 valence electrons. The van der Waals surface area contributed by atoms with Crippen LogP contribution in [0.3, 0.4) is 0 Å². The van der Waals surface area contributed by atoms with E-state index in [1.54, 1.807) is 6.07 Å². The van der Waals surface area contributed by atoms with Crippen molar-refractivity contribution in [3.63, 3.8) is 0 Å². The second kappa shape index (κ2) is 8.30. The largest absolute Gasteiger partial charge is 0.353 e. The van der Waals surface area contributed by atoms with Crippen molar-refractivity contribution in [2.45, 2.75) is 44.2 Å². The predicted octanol–water partition coefficient (Wildman–Crippen LogP) is 3.05. The average Bonchev–Trinajstić information content (AvgIpc) is 2.77. The van der Waals surface area contributed by atoms with Crippen LogP contribution < -0.4 is 0 Å². The van der Waals surface area contributed by atoms with Gasteiger partial charge in [-0.3, -0.25) is 4.90 Å². The van der Waals surface area contributed by atoms with Gasteiger partial charge in [0.05, 0.1) is 29.3 Å². The Balaban J connectivity index is 1.48. The second-order valence-electron chi connectivity index (χ2n) is 7.51. The minimum atomic E-state index is 0.255. The van der Waals surface area contributed by atoms with E-state index in [-0.39, 0.29) is 6.04 Å². The summed E-state index contributed by atoms with van der Waals surface area (Å²) in [5.74, 6) is 7.62. The lowest BCUT2D eigenvalue weighted by molar-refractivity contribution is 0.0417. The number of rotatable bonds is 1. The predicted molar refractivity (Wildman–Crippen MR) is 108 cm³/mol. The fraction of sp³-hybridized carbons (Fsp3) is 0.435. The summed E-state index contributed by atoms with van der Waals surface area (Å²) in [6.07, 6.45) is 7.02. The molecule has 3 heterocycles. The van der Waals surface area contributed by atoms with Crippen molar-refractivity contribution in [2.75, 3.05) is 19.6 Å². The van der Waals surface area contributed by atoms with Crippen LogP contribution in [0.2, 0.25) is 0 Å². The summed E-state index contributed by atoms with van der Waals surface area (Å²) >= 11 is 0. The molecule has 2 fully saturated rings. The number of hydrogen-bond acceptors (Lipinski definition) is 5. The molecule has 0 radical (unpaired) electrons. The van der Waals surface area contributed by atoms with Crippen LogP contribution in [0.5, 0.6) is 0 Å². The zero-order chi connectivity index (χ0) is 19.3. The summed E-state index contributed by atoms with van der Waals surface area (Å²) in [6.45, 7) is 2.75. The van der Waals surface area contributed by atoms with Crippen LogP contribution in [-0.4, -0.2) is 47.7 Å². The molecule has 0 amide bonds. The van der Waals surface area contributed by atoms with Gasteiger partial charge >= 0.3 is 0 Å². The normalized spacial score (nSPS) is 24.6. The average molecular weight is 369 g/mol. The first-order valence-corrected chi connectivity index (χ1v) is 9.96.